The molecule has 1 atom stereocenters. The maximum Gasteiger partial charge on any atom is 0.416 e. The zero-order valence-electron chi connectivity index (χ0n) is 10.4. The highest BCUT2D eigenvalue weighted by molar-refractivity contribution is 6.42. The molecule has 2 aromatic rings. The number of hydrogen-bond donors (Lipinski definition) is 1. The first-order valence-electron chi connectivity index (χ1n) is 5.78. The largest absolute Gasteiger partial charge is 0.416 e. The maximum atomic E-state index is 13.3. The fraction of sp³-hybridized carbons (Fsp3) is 0.143. The fourth-order valence-corrected chi connectivity index (χ4v) is 2.40. The van der Waals surface area contributed by atoms with E-state index in [0.717, 1.165) is 12.1 Å². The molecule has 0 aromatic heterocycles. The number of benzene rings is 2. The minimum absolute atomic E-state index is 0.0454. The second kappa shape index (κ2) is 5.83. The van der Waals surface area contributed by atoms with E-state index in [-0.39, 0.29) is 15.6 Å². The summed E-state index contributed by atoms with van der Waals surface area (Å²) in [7, 11) is 0. The Balaban J connectivity index is 2.60. The molecule has 21 heavy (non-hydrogen) atoms. The molecule has 7 heteroatoms. The van der Waals surface area contributed by atoms with Crippen molar-refractivity contribution in [2.24, 2.45) is 5.73 Å². The van der Waals surface area contributed by atoms with Gasteiger partial charge in [-0.3, -0.25) is 0 Å². The number of nitrogens with two attached hydrogens (primary N) is 1. The third-order valence-electron chi connectivity index (χ3n) is 2.97. The quantitative estimate of drug-likeness (QED) is 0.749. The molecule has 2 aromatic carbocycles. The van der Waals surface area contributed by atoms with E-state index < -0.39 is 29.2 Å². The lowest BCUT2D eigenvalue weighted by Crippen LogP contribution is -2.19. The summed E-state index contributed by atoms with van der Waals surface area (Å²) in [6.07, 6.45) is -4.65. The van der Waals surface area contributed by atoms with Gasteiger partial charge in [-0.15, -0.1) is 0 Å². The van der Waals surface area contributed by atoms with E-state index >= 15 is 0 Å². The summed E-state index contributed by atoms with van der Waals surface area (Å²) in [4.78, 5) is 0. The van der Waals surface area contributed by atoms with E-state index in [2.05, 4.69) is 0 Å². The normalized spacial score (nSPS) is 13.3. The van der Waals surface area contributed by atoms with E-state index in [0.29, 0.717) is 6.07 Å². The molecule has 0 saturated carbocycles. The van der Waals surface area contributed by atoms with Crippen molar-refractivity contribution in [2.45, 2.75) is 12.2 Å². The Morgan fingerprint density at radius 3 is 2.29 bits per heavy atom. The van der Waals surface area contributed by atoms with Gasteiger partial charge in [0, 0.05) is 0 Å². The van der Waals surface area contributed by atoms with Crippen LogP contribution in [0.4, 0.5) is 17.6 Å². The van der Waals surface area contributed by atoms with Gasteiger partial charge in [0.25, 0.3) is 0 Å². The van der Waals surface area contributed by atoms with Gasteiger partial charge in [0.05, 0.1) is 21.7 Å². The van der Waals surface area contributed by atoms with Crippen molar-refractivity contribution in [3.63, 3.8) is 0 Å². The highest BCUT2D eigenvalue weighted by Gasteiger charge is 2.35. The van der Waals surface area contributed by atoms with Gasteiger partial charge >= 0.3 is 6.18 Å². The molecule has 0 aliphatic carbocycles. The van der Waals surface area contributed by atoms with Crippen molar-refractivity contribution in [3.05, 3.63) is 69.0 Å². The number of rotatable bonds is 2. The van der Waals surface area contributed by atoms with Crippen LogP contribution in [0.15, 0.2) is 36.4 Å². The van der Waals surface area contributed by atoms with Gasteiger partial charge in [-0.1, -0.05) is 35.3 Å². The van der Waals surface area contributed by atoms with Gasteiger partial charge < -0.3 is 5.73 Å². The van der Waals surface area contributed by atoms with E-state index in [1.54, 1.807) is 0 Å². The maximum absolute atomic E-state index is 13.3. The zero-order chi connectivity index (χ0) is 15.8. The first-order chi connectivity index (χ1) is 9.71. The molecular weight excluding hydrogens is 329 g/mol. The second-order valence-corrected chi connectivity index (χ2v) is 5.14. The fourth-order valence-electron chi connectivity index (χ4n) is 1.98. The van der Waals surface area contributed by atoms with Crippen LogP contribution in [0.1, 0.15) is 22.7 Å². The highest BCUT2D eigenvalue weighted by Crippen LogP contribution is 2.38. The van der Waals surface area contributed by atoms with Crippen LogP contribution in [0.5, 0.6) is 0 Å². The van der Waals surface area contributed by atoms with Gasteiger partial charge in [-0.25, -0.2) is 4.39 Å². The third kappa shape index (κ3) is 3.31. The van der Waals surface area contributed by atoms with Crippen LogP contribution in [-0.2, 0) is 6.18 Å². The number of hydrogen-bond acceptors (Lipinski definition) is 1. The lowest BCUT2D eigenvalue weighted by atomic mass is 9.94. The molecular formula is C14H9Cl2F4N. The highest BCUT2D eigenvalue weighted by atomic mass is 35.5. The van der Waals surface area contributed by atoms with Crippen LogP contribution in [0.2, 0.25) is 10.0 Å². The van der Waals surface area contributed by atoms with E-state index in [1.165, 1.54) is 18.2 Å². The van der Waals surface area contributed by atoms with Crippen LogP contribution in [-0.4, -0.2) is 0 Å². The Morgan fingerprint density at radius 1 is 1.00 bits per heavy atom. The van der Waals surface area contributed by atoms with Crippen molar-refractivity contribution < 1.29 is 17.6 Å². The van der Waals surface area contributed by atoms with Crippen LogP contribution in [0, 0.1) is 5.82 Å². The van der Waals surface area contributed by atoms with Crippen LogP contribution < -0.4 is 5.73 Å². The van der Waals surface area contributed by atoms with Crippen molar-refractivity contribution in [3.8, 4) is 0 Å². The summed E-state index contributed by atoms with van der Waals surface area (Å²) in [6.45, 7) is 0. The number of halogens is 6. The average molecular weight is 338 g/mol. The summed E-state index contributed by atoms with van der Waals surface area (Å²) in [5.74, 6) is -0.813. The predicted molar refractivity (Wildman–Crippen MR) is 73.9 cm³/mol. The van der Waals surface area contributed by atoms with Crippen molar-refractivity contribution >= 4 is 23.2 Å². The van der Waals surface area contributed by atoms with E-state index in [9.17, 15) is 17.6 Å². The molecule has 0 bridgehead atoms. The molecule has 0 saturated heterocycles. The SMILES string of the molecule is NC(c1cc(F)ccc1C(F)(F)F)c1cccc(Cl)c1Cl. The van der Waals surface area contributed by atoms with Crippen LogP contribution >= 0.6 is 23.2 Å². The van der Waals surface area contributed by atoms with Crippen molar-refractivity contribution in [1.82, 2.24) is 0 Å². The Morgan fingerprint density at radius 2 is 1.67 bits per heavy atom. The lowest BCUT2D eigenvalue weighted by Gasteiger charge is -2.20. The molecule has 0 spiro atoms. The summed E-state index contributed by atoms with van der Waals surface area (Å²) in [5.41, 5.74) is 4.63. The van der Waals surface area contributed by atoms with Crippen LogP contribution in [0.25, 0.3) is 0 Å². The summed E-state index contributed by atoms with van der Waals surface area (Å²) in [6, 6.07) is 5.34. The smallest absolute Gasteiger partial charge is 0.320 e. The Hall–Kier alpha value is -1.30. The molecule has 0 aliphatic heterocycles. The predicted octanol–water partition coefficient (Wildman–Crippen LogP) is 5.20. The van der Waals surface area contributed by atoms with E-state index in [1.807, 2.05) is 0 Å². The first kappa shape index (κ1) is 16.1. The second-order valence-electron chi connectivity index (χ2n) is 4.35. The van der Waals surface area contributed by atoms with Gasteiger partial charge in [0.15, 0.2) is 0 Å². The van der Waals surface area contributed by atoms with Crippen molar-refractivity contribution in [1.29, 1.82) is 0 Å². The van der Waals surface area contributed by atoms with Gasteiger partial charge in [0.2, 0.25) is 0 Å². The lowest BCUT2D eigenvalue weighted by molar-refractivity contribution is -0.138. The molecule has 1 nitrogen and oxygen atoms in total. The topological polar surface area (TPSA) is 26.0 Å². The molecule has 2 N–H and O–H groups in total. The molecule has 0 radical (unpaired) electrons. The van der Waals surface area contributed by atoms with Gasteiger partial charge in [0.1, 0.15) is 5.82 Å². The van der Waals surface area contributed by atoms with Gasteiger partial charge in [-0.05, 0) is 35.4 Å². The monoisotopic (exact) mass is 337 g/mol. The van der Waals surface area contributed by atoms with Gasteiger partial charge in [-0.2, -0.15) is 13.2 Å². The average Bonchev–Trinajstić information content (AvgIpc) is 2.39. The van der Waals surface area contributed by atoms with Crippen molar-refractivity contribution in [2.75, 3.05) is 0 Å². The molecule has 0 amide bonds. The third-order valence-corrected chi connectivity index (χ3v) is 3.80. The molecule has 112 valence electrons. The molecule has 0 fully saturated rings. The minimum Gasteiger partial charge on any atom is -0.320 e. The summed E-state index contributed by atoms with van der Waals surface area (Å²) >= 11 is 11.8. The first-order valence-corrected chi connectivity index (χ1v) is 6.53. The Labute approximate surface area is 128 Å². The molecule has 1 unspecified atom stereocenters. The van der Waals surface area contributed by atoms with Crippen LogP contribution in [0.3, 0.4) is 0 Å². The zero-order valence-corrected chi connectivity index (χ0v) is 11.9. The molecule has 2 rings (SSSR count). The Kier molecular flexibility index (Phi) is 4.46. The number of alkyl halides is 3. The molecule has 0 heterocycles. The summed E-state index contributed by atoms with van der Waals surface area (Å²) in [5, 5.41) is 0.207. The molecule has 0 aliphatic rings. The Bertz CT molecular complexity index is 671. The standard InChI is InChI=1S/C14H9Cl2F4N/c15-11-3-1-2-8(12(11)16)13(21)9-6-7(17)4-5-10(9)14(18,19)20/h1-6,13H,21H2. The van der Waals surface area contributed by atoms with E-state index in [4.69, 9.17) is 28.9 Å². The minimum atomic E-state index is -4.65. The summed E-state index contributed by atoms with van der Waals surface area (Å²) < 4.78 is 52.3.